The molecule has 8 heteroatoms. The number of anilines is 1. The van der Waals surface area contributed by atoms with E-state index in [2.05, 4.69) is 9.72 Å². The highest BCUT2D eigenvalue weighted by atomic mass is 16.5. The number of hydrogen-bond donors (Lipinski definition) is 1. The van der Waals surface area contributed by atoms with Crippen LogP contribution in [0, 0.1) is 0 Å². The van der Waals surface area contributed by atoms with Gasteiger partial charge in [0, 0.05) is 13.2 Å². The molecule has 2 N–H and O–H groups in total. The molecule has 0 aliphatic rings. The summed E-state index contributed by atoms with van der Waals surface area (Å²) in [5.41, 5.74) is 5.95. The molecule has 0 fully saturated rings. The van der Waals surface area contributed by atoms with Crippen LogP contribution in [0.4, 0.5) is 5.82 Å². The second-order valence-corrected chi connectivity index (χ2v) is 5.55. The van der Waals surface area contributed by atoms with Crippen LogP contribution in [0.3, 0.4) is 0 Å². The van der Waals surface area contributed by atoms with Crippen LogP contribution in [0.15, 0.2) is 46.1 Å². The number of pyridine rings is 1. The van der Waals surface area contributed by atoms with Gasteiger partial charge in [-0.15, -0.1) is 0 Å². The van der Waals surface area contributed by atoms with E-state index in [1.54, 1.807) is 25.2 Å². The average Bonchev–Trinajstić information content (AvgIpc) is 2.63. The molecule has 25 heavy (non-hydrogen) atoms. The zero-order chi connectivity index (χ0) is 18.1. The quantitative estimate of drug-likeness (QED) is 0.696. The minimum Gasteiger partial charge on any atom is -0.465 e. The van der Waals surface area contributed by atoms with Crippen LogP contribution in [0.5, 0.6) is 0 Å². The highest BCUT2D eigenvalue weighted by Crippen LogP contribution is 2.12. The standard InChI is InChI=1S/C17H16N4O4/c1-20-13-5-4-11(16(23)25-2)7-12(13)15(22)21(17(20)24)9-10-3-6-14(18)19-8-10/h3-8H,9H2,1-2H3,(H2,18,19). The number of nitrogens with two attached hydrogens (primary N) is 1. The second-order valence-electron chi connectivity index (χ2n) is 5.55. The van der Waals surface area contributed by atoms with E-state index in [1.807, 2.05) is 0 Å². The van der Waals surface area contributed by atoms with Gasteiger partial charge in [-0.3, -0.25) is 13.9 Å². The minimum atomic E-state index is -0.551. The molecule has 0 radical (unpaired) electrons. The van der Waals surface area contributed by atoms with Crippen molar-refractivity contribution in [2.75, 3.05) is 12.8 Å². The molecule has 0 spiro atoms. The molecule has 0 bridgehead atoms. The van der Waals surface area contributed by atoms with Gasteiger partial charge in [0.25, 0.3) is 5.56 Å². The van der Waals surface area contributed by atoms with Crippen molar-refractivity contribution in [2.24, 2.45) is 7.05 Å². The van der Waals surface area contributed by atoms with Crippen molar-refractivity contribution in [3.8, 4) is 0 Å². The van der Waals surface area contributed by atoms with Crippen molar-refractivity contribution in [1.29, 1.82) is 0 Å². The molecular formula is C17H16N4O4. The molecule has 0 amide bonds. The average molecular weight is 340 g/mol. The van der Waals surface area contributed by atoms with E-state index in [0.29, 0.717) is 16.9 Å². The normalized spacial score (nSPS) is 10.8. The van der Waals surface area contributed by atoms with Crippen molar-refractivity contribution in [2.45, 2.75) is 6.54 Å². The minimum absolute atomic E-state index is 0.0528. The van der Waals surface area contributed by atoms with Gasteiger partial charge < -0.3 is 10.5 Å². The number of esters is 1. The van der Waals surface area contributed by atoms with Crippen molar-refractivity contribution in [3.63, 3.8) is 0 Å². The molecule has 8 nitrogen and oxygen atoms in total. The van der Waals surface area contributed by atoms with Crippen molar-refractivity contribution in [1.82, 2.24) is 14.1 Å². The Morgan fingerprint density at radius 1 is 1.24 bits per heavy atom. The van der Waals surface area contributed by atoms with E-state index in [9.17, 15) is 14.4 Å². The van der Waals surface area contributed by atoms with Gasteiger partial charge in [-0.1, -0.05) is 6.07 Å². The molecule has 0 saturated heterocycles. The summed E-state index contributed by atoms with van der Waals surface area (Å²) in [7, 11) is 2.83. The number of hydrogen-bond acceptors (Lipinski definition) is 6. The molecule has 0 atom stereocenters. The summed E-state index contributed by atoms with van der Waals surface area (Å²) in [5.74, 6) is -0.199. The number of aryl methyl sites for hydroxylation is 1. The Morgan fingerprint density at radius 2 is 2.00 bits per heavy atom. The van der Waals surface area contributed by atoms with Crippen molar-refractivity contribution in [3.05, 3.63) is 68.5 Å². The molecule has 1 aromatic carbocycles. The molecule has 0 aliphatic carbocycles. The lowest BCUT2D eigenvalue weighted by Crippen LogP contribution is -2.39. The van der Waals surface area contributed by atoms with E-state index in [4.69, 9.17) is 5.73 Å². The maximum atomic E-state index is 12.8. The molecule has 128 valence electrons. The molecule has 3 rings (SSSR count). The number of benzene rings is 1. The molecule has 0 aliphatic heterocycles. The lowest BCUT2D eigenvalue weighted by molar-refractivity contribution is 0.0601. The van der Waals surface area contributed by atoms with Crippen LogP contribution in [-0.2, 0) is 18.3 Å². The smallest absolute Gasteiger partial charge is 0.337 e. The Labute approximate surface area is 142 Å². The summed E-state index contributed by atoms with van der Waals surface area (Å²) in [6, 6.07) is 7.80. The maximum Gasteiger partial charge on any atom is 0.337 e. The Bertz CT molecular complexity index is 1080. The Morgan fingerprint density at radius 3 is 2.64 bits per heavy atom. The van der Waals surface area contributed by atoms with E-state index in [1.165, 1.54) is 30.0 Å². The summed E-state index contributed by atoms with van der Waals surface area (Å²) in [5, 5.41) is 0.258. The van der Waals surface area contributed by atoms with Gasteiger partial charge in [0.15, 0.2) is 0 Å². The summed E-state index contributed by atoms with van der Waals surface area (Å²) in [6.45, 7) is 0.0528. The Balaban J connectivity index is 2.21. The predicted molar refractivity (Wildman–Crippen MR) is 92.5 cm³/mol. The molecule has 3 aromatic rings. The second kappa shape index (κ2) is 6.23. The van der Waals surface area contributed by atoms with Gasteiger partial charge in [0.05, 0.1) is 30.1 Å². The van der Waals surface area contributed by atoms with E-state index in [0.717, 1.165) is 4.57 Å². The SMILES string of the molecule is COC(=O)c1ccc2c(c1)c(=O)n(Cc1ccc(N)nc1)c(=O)n2C. The van der Waals surface area contributed by atoms with Gasteiger partial charge in [0.1, 0.15) is 5.82 Å². The fourth-order valence-electron chi connectivity index (χ4n) is 2.61. The number of carbonyl (C=O) groups excluding carboxylic acids is 1. The van der Waals surface area contributed by atoms with Crippen LogP contribution in [0.2, 0.25) is 0 Å². The first-order chi connectivity index (χ1) is 11.9. The third-order valence-electron chi connectivity index (χ3n) is 3.96. The molecular weight excluding hydrogens is 324 g/mol. The van der Waals surface area contributed by atoms with Gasteiger partial charge in [-0.05, 0) is 29.8 Å². The fraction of sp³-hybridized carbons (Fsp3) is 0.176. The van der Waals surface area contributed by atoms with E-state index >= 15 is 0 Å². The predicted octanol–water partition coefficient (Wildman–Crippen LogP) is 0.512. The third-order valence-corrected chi connectivity index (χ3v) is 3.96. The largest absolute Gasteiger partial charge is 0.465 e. The first-order valence-corrected chi connectivity index (χ1v) is 7.44. The van der Waals surface area contributed by atoms with E-state index in [-0.39, 0.29) is 17.5 Å². The number of rotatable bonds is 3. The number of nitrogen functional groups attached to an aromatic ring is 1. The van der Waals surface area contributed by atoms with Crippen LogP contribution in [0.1, 0.15) is 15.9 Å². The topological polar surface area (TPSA) is 109 Å². The summed E-state index contributed by atoms with van der Waals surface area (Å²) >= 11 is 0. The van der Waals surface area contributed by atoms with Crippen LogP contribution in [0.25, 0.3) is 10.9 Å². The fourth-order valence-corrected chi connectivity index (χ4v) is 2.61. The van der Waals surface area contributed by atoms with Crippen molar-refractivity contribution >= 4 is 22.7 Å². The van der Waals surface area contributed by atoms with Gasteiger partial charge in [0.2, 0.25) is 0 Å². The number of fused-ring (bicyclic) bond motifs is 1. The zero-order valence-corrected chi connectivity index (χ0v) is 13.7. The van der Waals surface area contributed by atoms with Gasteiger partial charge in [-0.2, -0.15) is 0 Å². The highest BCUT2D eigenvalue weighted by molar-refractivity contribution is 5.94. The maximum absolute atomic E-state index is 12.8. The van der Waals surface area contributed by atoms with Gasteiger partial charge >= 0.3 is 11.7 Å². The third kappa shape index (κ3) is 2.89. The van der Waals surface area contributed by atoms with Crippen molar-refractivity contribution < 1.29 is 9.53 Å². The molecule has 2 aromatic heterocycles. The first kappa shape index (κ1) is 16.4. The van der Waals surface area contributed by atoms with Crippen LogP contribution in [-0.4, -0.2) is 27.2 Å². The summed E-state index contributed by atoms with van der Waals surface area (Å²) < 4.78 is 7.14. The highest BCUT2D eigenvalue weighted by Gasteiger charge is 2.14. The first-order valence-electron chi connectivity index (χ1n) is 7.44. The number of carbonyl (C=O) groups is 1. The van der Waals surface area contributed by atoms with Gasteiger partial charge in [-0.25, -0.2) is 14.6 Å². The number of aromatic nitrogens is 3. The molecule has 0 unspecified atom stereocenters. The Hall–Kier alpha value is -3.42. The summed E-state index contributed by atoms with van der Waals surface area (Å²) in [6.07, 6.45) is 1.51. The Kier molecular flexibility index (Phi) is 4.10. The van der Waals surface area contributed by atoms with Crippen LogP contribution < -0.4 is 17.0 Å². The zero-order valence-electron chi connectivity index (χ0n) is 13.7. The molecule has 0 saturated carbocycles. The van der Waals surface area contributed by atoms with Crippen LogP contribution >= 0.6 is 0 Å². The van der Waals surface area contributed by atoms with E-state index < -0.39 is 17.2 Å². The lowest BCUT2D eigenvalue weighted by atomic mass is 10.1. The lowest BCUT2D eigenvalue weighted by Gasteiger charge is -2.11. The molecule has 2 heterocycles. The number of methoxy groups -OCH3 is 1. The summed E-state index contributed by atoms with van der Waals surface area (Å²) in [4.78, 5) is 41.0. The number of ether oxygens (including phenoxy) is 1. The number of nitrogens with zero attached hydrogens (tertiary/aromatic N) is 3. The monoisotopic (exact) mass is 340 g/mol.